The fourth-order valence-electron chi connectivity index (χ4n) is 2.64. The Bertz CT molecular complexity index is 741. The van der Waals surface area contributed by atoms with Gasteiger partial charge in [-0.3, -0.25) is 0 Å². The number of nitrogens with one attached hydrogen (secondary N) is 1. The Morgan fingerprint density at radius 1 is 1.00 bits per heavy atom. The molecule has 0 fully saturated rings. The van der Waals surface area contributed by atoms with Crippen LogP contribution in [0.5, 0.6) is 0 Å². The molecule has 4 nitrogen and oxygen atoms in total. The molecule has 0 aliphatic heterocycles. The third-order valence-corrected chi connectivity index (χ3v) is 5.64. The fraction of sp³-hybridized carbons (Fsp3) is 0.400. The van der Waals surface area contributed by atoms with Crippen LogP contribution in [0.2, 0.25) is 0 Å². The van der Waals surface area contributed by atoms with Gasteiger partial charge >= 0.3 is 0 Å². The van der Waals surface area contributed by atoms with E-state index >= 15 is 0 Å². The summed E-state index contributed by atoms with van der Waals surface area (Å²) in [5.41, 5.74) is 2.40. The number of nitrogens with zero attached hydrogens (tertiary/aromatic N) is 1. The van der Waals surface area contributed by atoms with Gasteiger partial charge < -0.3 is 4.90 Å². The zero-order chi connectivity index (χ0) is 18.3. The summed E-state index contributed by atoms with van der Waals surface area (Å²) in [5, 5.41) is 0. The molecule has 0 saturated carbocycles. The van der Waals surface area contributed by atoms with Crippen LogP contribution in [-0.2, 0) is 16.6 Å². The molecule has 25 heavy (non-hydrogen) atoms. The smallest absolute Gasteiger partial charge is 0.240 e. The van der Waals surface area contributed by atoms with Gasteiger partial charge in [0.2, 0.25) is 10.0 Å². The zero-order valence-corrected chi connectivity index (χ0v) is 16.1. The molecule has 0 aromatic heterocycles. The molecule has 5 heteroatoms. The third-order valence-electron chi connectivity index (χ3n) is 4.16. The topological polar surface area (TPSA) is 49.4 Å². The quantitative estimate of drug-likeness (QED) is 0.695. The number of rotatable bonds is 9. The Morgan fingerprint density at radius 3 is 2.24 bits per heavy atom. The number of sulfonamides is 1. The van der Waals surface area contributed by atoms with E-state index in [0.29, 0.717) is 17.4 Å². The minimum Gasteiger partial charge on any atom is -0.302 e. The molecule has 2 aromatic carbocycles. The average molecular weight is 361 g/mol. The summed E-state index contributed by atoms with van der Waals surface area (Å²) in [7, 11) is -1.38. The van der Waals surface area contributed by atoms with Crippen LogP contribution < -0.4 is 4.72 Å². The normalized spacial score (nSPS) is 12.0. The summed E-state index contributed by atoms with van der Waals surface area (Å²) in [5.74, 6) is 0.393. The van der Waals surface area contributed by atoms with Crippen LogP contribution in [0.15, 0.2) is 59.5 Å². The van der Waals surface area contributed by atoms with Crippen LogP contribution in [0.3, 0.4) is 0 Å². The molecule has 0 unspecified atom stereocenters. The molecule has 0 aliphatic carbocycles. The molecular formula is C20H28N2O2S. The number of hydrogen-bond acceptors (Lipinski definition) is 3. The first kappa shape index (κ1) is 19.6. The Kier molecular flexibility index (Phi) is 7.17. The van der Waals surface area contributed by atoms with Crippen molar-refractivity contribution in [3.8, 4) is 0 Å². The molecule has 0 bridgehead atoms. The van der Waals surface area contributed by atoms with Crippen molar-refractivity contribution in [3.05, 3.63) is 65.7 Å². The number of hydrogen-bond donors (Lipinski definition) is 1. The van der Waals surface area contributed by atoms with Crippen LogP contribution >= 0.6 is 0 Å². The van der Waals surface area contributed by atoms with Gasteiger partial charge in [-0.1, -0.05) is 56.3 Å². The minimum atomic E-state index is -3.43. The van der Waals surface area contributed by atoms with E-state index in [1.807, 2.05) is 37.4 Å². The molecule has 0 aliphatic rings. The van der Waals surface area contributed by atoms with Crippen molar-refractivity contribution < 1.29 is 8.42 Å². The van der Waals surface area contributed by atoms with E-state index < -0.39 is 10.0 Å². The van der Waals surface area contributed by atoms with E-state index in [2.05, 4.69) is 35.6 Å². The van der Waals surface area contributed by atoms with E-state index in [9.17, 15) is 8.42 Å². The summed E-state index contributed by atoms with van der Waals surface area (Å²) < 4.78 is 27.3. The fourth-order valence-corrected chi connectivity index (χ4v) is 3.72. The van der Waals surface area contributed by atoms with Gasteiger partial charge in [0.15, 0.2) is 0 Å². The largest absolute Gasteiger partial charge is 0.302 e. The highest BCUT2D eigenvalue weighted by Crippen LogP contribution is 2.17. The molecule has 0 radical (unpaired) electrons. The van der Waals surface area contributed by atoms with Gasteiger partial charge in [0, 0.05) is 13.1 Å². The molecule has 0 heterocycles. The Labute approximate surface area is 151 Å². The second-order valence-electron chi connectivity index (χ2n) is 6.70. The molecule has 2 aromatic rings. The molecule has 0 amide bonds. The lowest BCUT2D eigenvalue weighted by molar-refractivity contribution is 0.322. The van der Waals surface area contributed by atoms with Crippen molar-refractivity contribution in [2.24, 2.45) is 0 Å². The summed E-state index contributed by atoms with van der Waals surface area (Å²) in [6, 6.07) is 17.4. The predicted molar refractivity (Wildman–Crippen MR) is 103 cm³/mol. The van der Waals surface area contributed by atoms with Crippen molar-refractivity contribution in [2.75, 3.05) is 20.1 Å². The first-order valence-corrected chi connectivity index (χ1v) is 10.2. The molecule has 0 spiro atoms. The monoisotopic (exact) mass is 360 g/mol. The number of benzene rings is 2. The van der Waals surface area contributed by atoms with Crippen LogP contribution in [0.1, 0.15) is 37.3 Å². The van der Waals surface area contributed by atoms with Gasteiger partial charge in [0.05, 0.1) is 4.90 Å². The predicted octanol–water partition coefficient (Wildman–Crippen LogP) is 3.61. The lowest BCUT2D eigenvalue weighted by atomic mass is 10.0. The average Bonchev–Trinajstić information content (AvgIpc) is 2.60. The summed E-state index contributed by atoms with van der Waals surface area (Å²) in [4.78, 5) is 2.52. The molecular weight excluding hydrogens is 332 g/mol. The highest BCUT2D eigenvalue weighted by Gasteiger charge is 2.13. The second-order valence-corrected chi connectivity index (χ2v) is 8.47. The van der Waals surface area contributed by atoms with Gasteiger partial charge in [0.1, 0.15) is 0 Å². The first-order valence-electron chi connectivity index (χ1n) is 8.70. The third kappa shape index (κ3) is 6.27. The minimum absolute atomic E-state index is 0.328. The van der Waals surface area contributed by atoms with Crippen molar-refractivity contribution in [3.63, 3.8) is 0 Å². The van der Waals surface area contributed by atoms with Crippen molar-refractivity contribution in [1.29, 1.82) is 0 Å². The lowest BCUT2D eigenvalue weighted by Gasteiger charge is -2.16. The van der Waals surface area contributed by atoms with E-state index in [1.54, 1.807) is 12.1 Å². The maximum Gasteiger partial charge on any atom is 0.240 e. The van der Waals surface area contributed by atoms with Crippen LogP contribution in [0.4, 0.5) is 0 Å². The molecule has 1 N–H and O–H groups in total. The Hall–Kier alpha value is -1.69. The summed E-state index contributed by atoms with van der Waals surface area (Å²) in [6.07, 6.45) is 0.770. The maximum atomic E-state index is 12.3. The molecule has 136 valence electrons. The molecule has 2 rings (SSSR count). The van der Waals surface area contributed by atoms with Gasteiger partial charge in [-0.25, -0.2) is 13.1 Å². The Balaban J connectivity index is 1.78. The van der Waals surface area contributed by atoms with Gasteiger partial charge in [-0.05, 0) is 49.2 Å². The van der Waals surface area contributed by atoms with E-state index in [1.165, 1.54) is 5.56 Å². The van der Waals surface area contributed by atoms with Crippen LogP contribution in [0.25, 0.3) is 0 Å². The summed E-state index contributed by atoms with van der Waals surface area (Å²) >= 11 is 0. The highest BCUT2D eigenvalue weighted by molar-refractivity contribution is 7.89. The van der Waals surface area contributed by atoms with Crippen molar-refractivity contribution in [1.82, 2.24) is 9.62 Å². The molecule has 0 saturated heterocycles. The van der Waals surface area contributed by atoms with E-state index in [0.717, 1.165) is 25.1 Å². The first-order chi connectivity index (χ1) is 11.9. The maximum absolute atomic E-state index is 12.3. The van der Waals surface area contributed by atoms with E-state index in [4.69, 9.17) is 0 Å². The van der Waals surface area contributed by atoms with Crippen LogP contribution in [-0.4, -0.2) is 33.5 Å². The SMILES string of the molecule is CC(C)c1ccc(S(=O)(=O)NCCCN(C)Cc2ccccc2)cc1. The van der Waals surface area contributed by atoms with Crippen LogP contribution in [0, 0.1) is 0 Å². The molecule has 0 atom stereocenters. The van der Waals surface area contributed by atoms with Gasteiger partial charge in [-0.15, -0.1) is 0 Å². The second kappa shape index (κ2) is 9.13. The Morgan fingerprint density at radius 2 is 1.64 bits per heavy atom. The lowest BCUT2D eigenvalue weighted by Crippen LogP contribution is -2.28. The highest BCUT2D eigenvalue weighted by atomic mass is 32.2. The summed E-state index contributed by atoms with van der Waals surface area (Å²) in [6.45, 7) is 6.32. The van der Waals surface area contributed by atoms with Crippen molar-refractivity contribution in [2.45, 2.75) is 37.6 Å². The van der Waals surface area contributed by atoms with Gasteiger partial charge in [-0.2, -0.15) is 0 Å². The van der Waals surface area contributed by atoms with Crippen molar-refractivity contribution >= 4 is 10.0 Å². The van der Waals surface area contributed by atoms with Gasteiger partial charge in [0.25, 0.3) is 0 Å². The zero-order valence-electron chi connectivity index (χ0n) is 15.3. The van der Waals surface area contributed by atoms with E-state index in [-0.39, 0.29) is 0 Å². The standard InChI is InChI=1S/C20H28N2O2S/c1-17(2)19-10-12-20(13-11-19)25(23,24)21-14-7-15-22(3)16-18-8-5-4-6-9-18/h4-6,8-13,17,21H,7,14-16H2,1-3H3.